The molecule has 0 N–H and O–H groups in total. The number of ketones is 1. The monoisotopic (exact) mass is 236 g/mol. The van der Waals surface area contributed by atoms with Gasteiger partial charge in [-0.1, -0.05) is 0 Å². The van der Waals surface area contributed by atoms with Crippen molar-refractivity contribution in [2.75, 3.05) is 0 Å². The maximum Gasteiger partial charge on any atom is 0.231 e. The minimum atomic E-state index is -0.874. The van der Waals surface area contributed by atoms with E-state index >= 15 is 0 Å². The molecule has 0 saturated heterocycles. The third-order valence-corrected chi connectivity index (χ3v) is 2.52. The second-order valence-corrected chi connectivity index (χ2v) is 3.77. The average molecular weight is 236 g/mol. The van der Waals surface area contributed by atoms with Crippen molar-refractivity contribution < 1.29 is 13.6 Å². The number of carbonyl (C=O) groups is 1. The summed E-state index contributed by atoms with van der Waals surface area (Å²) >= 11 is 0. The van der Waals surface area contributed by atoms with Crippen LogP contribution in [0.15, 0.2) is 24.5 Å². The summed E-state index contributed by atoms with van der Waals surface area (Å²) in [6.07, 6.45) is 3.03. The zero-order valence-electron chi connectivity index (χ0n) is 9.37. The maximum atomic E-state index is 13.5. The van der Waals surface area contributed by atoms with Crippen LogP contribution in [0, 0.1) is 18.6 Å². The fourth-order valence-electron chi connectivity index (χ4n) is 1.54. The van der Waals surface area contributed by atoms with Gasteiger partial charge in [-0.2, -0.15) is 0 Å². The smallest absolute Gasteiger partial charge is 0.231 e. The van der Waals surface area contributed by atoms with Crippen molar-refractivity contribution in [3.8, 4) is 0 Å². The molecule has 1 aromatic heterocycles. The second-order valence-electron chi connectivity index (χ2n) is 3.77. The summed E-state index contributed by atoms with van der Waals surface area (Å²) in [5.41, 5.74) is 0.0576. The number of hydrogen-bond donors (Lipinski definition) is 0. The normalized spacial score (nSPS) is 10.6. The Morgan fingerprint density at radius 2 is 2.00 bits per heavy atom. The topological polar surface area (TPSA) is 34.9 Å². The maximum absolute atomic E-state index is 13.5. The van der Waals surface area contributed by atoms with Gasteiger partial charge in [0.05, 0.1) is 5.56 Å². The van der Waals surface area contributed by atoms with E-state index in [-0.39, 0.29) is 17.0 Å². The summed E-state index contributed by atoms with van der Waals surface area (Å²) in [5, 5.41) is 0. The lowest BCUT2D eigenvalue weighted by atomic mass is 10.1. The lowest BCUT2D eigenvalue weighted by molar-refractivity contribution is 0.102. The van der Waals surface area contributed by atoms with Crippen molar-refractivity contribution in [3.05, 3.63) is 53.1 Å². The number of nitrogens with zero attached hydrogens (tertiary/aromatic N) is 2. The van der Waals surface area contributed by atoms with Gasteiger partial charge < -0.3 is 4.57 Å². The SMILES string of the molecule is Cc1cc(C(=O)c2nccn2C)c(F)cc1F. The van der Waals surface area contributed by atoms with Crippen LogP contribution < -0.4 is 0 Å². The van der Waals surface area contributed by atoms with Gasteiger partial charge in [-0.25, -0.2) is 13.8 Å². The number of benzene rings is 1. The number of aryl methyl sites for hydroxylation is 2. The quantitative estimate of drug-likeness (QED) is 0.749. The molecule has 0 unspecified atom stereocenters. The van der Waals surface area contributed by atoms with Crippen molar-refractivity contribution in [3.63, 3.8) is 0 Å². The lowest BCUT2D eigenvalue weighted by Gasteiger charge is -2.05. The predicted molar refractivity (Wildman–Crippen MR) is 57.7 cm³/mol. The lowest BCUT2D eigenvalue weighted by Crippen LogP contribution is -2.11. The zero-order valence-corrected chi connectivity index (χ0v) is 9.37. The third kappa shape index (κ3) is 1.95. The van der Waals surface area contributed by atoms with Crippen LogP contribution in [-0.4, -0.2) is 15.3 Å². The van der Waals surface area contributed by atoms with Crippen LogP contribution in [-0.2, 0) is 7.05 Å². The Hall–Kier alpha value is -2.04. The average Bonchev–Trinajstić information content (AvgIpc) is 2.69. The Bertz CT molecular complexity index is 590. The van der Waals surface area contributed by atoms with Gasteiger partial charge in [0.15, 0.2) is 5.82 Å². The van der Waals surface area contributed by atoms with Crippen molar-refractivity contribution in [2.45, 2.75) is 6.92 Å². The number of imidazole rings is 1. The fraction of sp³-hybridized carbons (Fsp3) is 0.167. The first kappa shape index (κ1) is 11.4. The minimum absolute atomic E-state index is 0.120. The number of aromatic nitrogens is 2. The number of rotatable bonds is 2. The molecule has 2 rings (SSSR count). The van der Waals surface area contributed by atoms with E-state index in [4.69, 9.17) is 0 Å². The molecule has 1 aromatic carbocycles. The van der Waals surface area contributed by atoms with E-state index < -0.39 is 17.4 Å². The molecule has 0 spiro atoms. The van der Waals surface area contributed by atoms with Crippen LogP contribution in [0.2, 0.25) is 0 Å². The molecule has 0 atom stereocenters. The molecule has 0 aliphatic carbocycles. The molecule has 88 valence electrons. The van der Waals surface area contributed by atoms with Crippen LogP contribution in [0.1, 0.15) is 21.7 Å². The molecule has 0 bridgehead atoms. The Balaban J connectivity index is 2.52. The van der Waals surface area contributed by atoms with Crippen molar-refractivity contribution in [2.24, 2.45) is 7.05 Å². The van der Waals surface area contributed by atoms with Crippen LogP contribution >= 0.6 is 0 Å². The number of halogens is 2. The van der Waals surface area contributed by atoms with Gasteiger partial charge in [0, 0.05) is 25.5 Å². The summed E-state index contributed by atoms with van der Waals surface area (Å²) < 4.78 is 28.1. The number of hydrogen-bond acceptors (Lipinski definition) is 2. The summed E-state index contributed by atoms with van der Waals surface area (Å²) in [6.45, 7) is 1.48. The molecule has 1 heterocycles. The van der Waals surface area contributed by atoms with Crippen LogP contribution in [0.3, 0.4) is 0 Å². The van der Waals surface area contributed by atoms with E-state index in [1.165, 1.54) is 23.8 Å². The molecular weight excluding hydrogens is 226 g/mol. The molecule has 0 fully saturated rings. The Kier molecular flexibility index (Phi) is 2.75. The second kappa shape index (κ2) is 4.08. The summed E-state index contributed by atoms with van der Waals surface area (Å²) in [7, 11) is 1.63. The van der Waals surface area contributed by atoms with Crippen LogP contribution in [0.4, 0.5) is 8.78 Å². The molecular formula is C12H10F2N2O. The largest absolute Gasteiger partial charge is 0.331 e. The van der Waals surface area contributed by atoms with E-state index in [2.05, 4.69) is 4.98 Å². The molecule has 0 aliphatic rings. The van der Waals surface area contributed by atoms with Gasteiger partial charge in [-0.3, -0.25) is 4.79 Å². The van der Waals surface area contributed by atoms with E-state index in [0.717, 1.165) is 0 Å². The van der Waals surface area contributed by atoms with Gasteiger partial charge in [-0.15, -0.1) is 0 Å². The molecule has 0 radical (unpaired) electrons. The highest BCUT2D eigenvalue weighted by Gasteiger charge is 2.19. The molecule has 0 saturated carbocycles. The van der Waals surface area contributed by atoms with Gasteiger partial charge in [-0.05, 0) is 18.6 Å². The highest BCUT2D eigenvalue weighted by atomic mass is 19.1. The van der Waals surface area contributed by atoms with E-state index in [0.29, 0.717) is 6.07 Å². The summed E-state index contributed by atoms with van der Waals surface area (Å²) in [5.74, 6) is -1.98. The minimum Gasteiger partial charge on any atom is -0.331 e. The van der Waals surface area contributed by atoms with Gasteiger partial charge >= 0.3 is 0 Å². The number of carbonyl (C=O) groups excluding carboxylic acids is 1. The molecule has 0 amide bonds. The first-order chi connectivity index (χ1) is 8.00. The molecule has 5 heteroatoms. The highest BCUT2D eigenvalue weighted by Crippen LogP contribution is 2.17. The van der Waals surface area contributed by atoms with E-state index in [1.54, 1.807) is 13.2 Å². The summed E-state index contributed by atoms with van der Waals surface area (Å²) in [4.78, 5) is 15.8. The predicted octanol–water partition coefficient (Wildman–Crippen LogP) is 2.24. The van der Waals surface area contributed by atoms with Crippen molar-refractivity contribution >= 4 is 5.78 Å². The first-order valence-electron chi connectivity index (χ1n) is 4.98. The highest BCUT2D eigenvalue weighted by molar-refractivity contribution is 6.07. The van der Waals surface area contributed by atoms with Gasteiger partial charge in [0.2, 0.25) is 5.78 Å². The Labute approximate surface area is 96.7 Å². The molecule has 0 aliphatic heterocycles. The third-order valence-electron chi connectivity index (χ3n) is 2.52. The standard InChI is InChI=1S/C12H10F2N2O/c1-7-5-8(10(14)6-9(7)13)11(17)12-15-3-4-16(12)2/h3-6H,1-2H3. The van der Waals surface area contributed by atoms with Gasteiger partial charge in [0.25, 0.3) is 0 Å². The first-order valence-corrected chi connectivity index (χ1v) is 4.98. The van der Waals surface area contributed by atoms with E-state index in [1.807, 2.05) is 0 Å². The summed E-state index contributed by atoms with van der Waals surface area (Å²) in [6, 6.07) is 1.91. The van der Waals surface area contributed by atoms with Crippen molar-refractivity contribution in [1.82, 2.24) is 9.55 Å². The molecule has 2 aromatic rings. The fourth-order valence-corrected chi connectivity index (χ4v) is 1.54. The van der Waals surface area contributed by atoms with Crippen LogP contribution in [0.5, 0.6) is 0 Å². The van der Waals surface area contributed by atoms with E-state index in [9.17, 15) is 13.6 Å². The van der Waals surface area contributed by atoms with Gasteiger partial charge in [0.1, 0.15) is 11.6 Å². The zero-order chi connectivity index (χ0) is 12.6. The molecule has 3 nitrogen and oxygen atoms in total. The Morgan fingerprint density at radius 3 is 2.59 bits per heavy atom. The Morgan fingerprint density at radius 1 is 1.29 bits per heavy atom. The molecule has 17 heavy (non-hydrogen) atoms. The van der Waals surface area contributed by atoms with Crippen LogP contribution in [0.25, 0.3) is 0 Å². The van der Waals surface area contributed by atoms with Crippen molar-refractivity contribution in [1.29, 1.82) is 0 Å².